The lowest BCUT2D eigenvalue weighted by molar-refractivity contribution is -0.282. The van der Waals surface area contributed by atoms with Crippen molar-refractivity contribution in [2.24, 2.45) is 0 Å². The molecule has 3 aliphatic rings. The van der Waals surface area contributed by atoms with Gasteiger partial charge < -0.3 is 105 Å². The SMILES string of the molecule is O=C(O[C@@H]1O[C@@H]2COC(=O)c3cc(O)c(O)c(O)c3-c3c(cc(O)c(O)c3O)C(=O)O[C@H]2[C@H]2OC(=O)c3cc(O)c(O)c(O)c3-c3c(cc(O)c(O)c3O)C(=O)O[C@@H]12)c1cc(O)c(O)c(O)c1. The number of phenols is 15. The quantitative estimate of drug-likeness (QED) is 0.0679. The molecule has 0 saturated carbocycles. The highest BCUT2D eigenvalue weighted by molar-refractivity contribution is 6.10. The molecule has 26 nitrogen and oxygen atoms in total. The molecule has 15 N–H and O–H groups in total. The molecular formula is C41H28O26. The Bertz CT molecular complexity index is 3020. The van der Waals surface area contributed by atoms with E-state index >= 15 is 0 Å². The lowest BCUT2D eigenvalue weighted by Crippen LogP contribution is -2.63. The topological polar surface area (TPSA) is 444 Å². The third kappa shape index (κ3) is 6.91. The van der Waals surface area contributed by atoms with E-state index < -0.39 is 203 Å². The maximum Gasteiger partial charge on any atom is 0.340 e. The molecule has 1 saturated heterocycles. The van der Waals surface area contributed by atoms with Crippen LogP contribution in [-0.2, 0) is 28.4 Å². The molecule has 0 bridgehead atoms. The Morgan fingerprint density at radius 1 is 0.418 bits per heavy atom. The average Bonchev–Trinajstić information content (AvgIpc) is 3.29. The van der Waals surface area contributed by atoms with E-state index in [1.54, 1.807) is 0 Å². The van der Waals surface area contributed by atoms with Crippen LogP contribution in [0.5, 0.6) is 86.2 Å². The van der Waals surface area contributed by atoms with Crippen LogP contribution in [-0.4, -0.2) is 144 Å². The van der Waals surface area contributed by atoms with Crippen LogP contribution in [0.15, 0.2) is 36.4 Å². The first-order valence-electron chi connectivity index (χ1n) is 18.6. The van der Waals surface area contributed by atoms with Crippen molar-refractivity contribution in [3.8, 4) is 108 Å². The monoisotopic (exact) mass is 936 g/mol. The summed E-state index contributed by atoms with van der Waals surface area (Å²) >= 11 is 0. The lowest BCUT2D eigenvalue weighted by Gasteiger charge is -2.44. The van der Waals surface area contributed by atoms with E-state index in [0.29, 0.717) is 36.4 Å². The van der Waals surface area contributed by atoms with E-state index in [4.69, 9.17) is 28.4 Å². The minimum Gasteiger partial charge on any atom is -0.504 e. The molecule has 5 aromatic carbocycles. The molecule has 67 heavy (non-hydrogen) atoms. The molecule has 348 valence electrons. The minimum atomic E-state index is -2.53. The maximum absolute atomic E-state index is 14.4. The van der Waals surface area contributed by atoms with Crippen LogP contribution < -0.4 is 0 Å². The zero-order valence-electron chi connectivity index (χ0n) is 32.8. The van der Waals surface area contributed by atoms with Gasteiger partial charge in [0.15, 0.2) is 75.5 Å². The van der Waals surface area contributed by atoms with E-state index in [9.17, 15) is 101 Å². The van der Waals surface area contributed by atoms with Gasteiger partial charge in [-0.3, -0.25) is 0 Å². The Balaban J connectivity index is 1.37. The van der Waals surface area contributed by atoms with Crippen molar-refractivity contribution in [2.45, 2.75) is 30.7 Å². The van der Waals surface area contributed by atoms with Gasteiger partial charge in [-0.25, -0.2) is 24.0 Å². The fraction of sp³-hybridized carbons (Fsp3) is 0.146. The maximum atomic E-state index is 14.4. The highest BCUT2D eigenvalue weighted by Gasteiger charge is 2.56. The highest BCUT2D eigenvalue weighted by Crippen LogP contribution is 2.55. The summed E-state index contributed by atoms with van der Waals surface area (Å²) in [7, 11) is 0. The minimum absolute atomic E-state index is 0.408. The molecular weight excluding hydrogens is 908 g/mol. The standard InChI is InChI=1S/C41H28O26/c42-13-1-8(2-14(43)24(13)48)36(57)67-41-35-34(65-39(60)11-5-17(46)27(51)31(55)22(11)23-12(40(61)66-35)6-18(47)28(52)32(23)56)33-19(63-41)7-62-37(58)9-3-15(44)25(49)29(53)20(9)21-10(38(59)64-33)4-16(45)26(50)30(21)54/h1-6,19,33-35,41-56H,7H2/t19-,33-,34-,35-,41+/m1/s1. The molecule has 0 aliphatic carbocycles. The molecule has 3 aliphatic heterocycles. The number of cyclic esters (lactones) is 1. The van der Waals surface area contributed by atoms with E-state index in [1.807, 2.05) is 0 Å². The van der Waals surface area contributed by atoms with Gasteiger partial charge in [-0.1, -0.05) is 0 Å². The molecule has 5 atom stereocenters. The first kappa shape index (κ1) is 44.0. The number of rotatable bonds is 2. The van der Waals surface area contributed by atoms with Gasteiger partial charge in [-0.2, -0.15) is 0 Å². The second-order valence-electron chi connectivity index (χ2n) is 14.6. The van der Waals surface area contributed by atoms with Crippen LogP contribution in [0.25, 0.3) is 22.3 Å². The zero-order valence-corrected chi connectivity index (χ0v) is 32.8. The first-order chi connectivity index (χ1) is 31.5. The van der Waals surface area contributed by atoms with Crippen LogP contribution in [0, 0.1) is 0 Å². The summed E-state index contributed by atoms with van der Waals surface area (Å²) in [5, 5.41) is 158. The number of aromatic hydroxyl groups is 15. The number of benzene rings is 5. The molecule has 0 spiro atoms. The zero-order chi connectivity index (χ0) is 48.8. The predicted octanol–water partition coefficient (Wildman–Crippen LogP) is 1.65. The summed E-state index contributed by atoms with van der Waals surface area (Å²) in [5.41, 5.74) is -9.31. The largest absolute Gasteiger partial charge is 0.504 e. The Morgan fingerprint density at radius 2 is 0.746 bits per heavy atom. The van der Waals surface area contributed by atoms with Gasteiger partial charge in [0.1, 0.15) is 12.7 Å². The number of hydrogen-bond acceptors (Lipinski definition) is 26. The average molecular weight is 937 g/mol. The number of esters is 5. The van der Waals surface area contributed by atoms with Gasteiger partial charge in [0.2, 0.25) is 35.4 Å². The first-order valence-corrected chi connectivity index (χ1v) is 18.6. The van der Waals surface area contributed by atoms with E-state index in [2.05, 4.69) is 0 Å². The summed E-state index contributed by atoms with van der Waals surface area (Å²) < 4.78 is 33.6. The molecule has 0 radical (unpaired) electrons. The lowest BCUT2D eigenvalue weighted by atomic mass is 9.91. The summed E-state index contributed by atoms with van der Waals surface area (Å²) in [6.45, 7) is -1.25. The summed E-state index contributed by atoms with van der Waals surface area (Å²) in [5.74, 6) is -28.2. The molecule has 0 unspecified atom stereocenters. The van der Waals surface area contributed by atoms with Crippen LogP contribution in [0.2, 0.25) is 0 Å². The number of hydrogen-bond donors (Lipinski definition) is 15. The fourth-order valence-corrected chi connectivity index (χ4v) is 7.44. The highest BCUT2D eigenvalue weighted by atomic mass is 16.7. The van der Waals surface area contributed by atoms with E-state index in [1.165, 1.54) is 0 Å². The van der Waals surface area contributed by atoms with Crippen molar-refractivity contribution in [1.82, 2.24) is 0 Å². The third-order valence-corrected chi connectivity index (χ3v) is 10.6. The van der Waals surface area contributed by atoms with Gasteiger partial charge >= 0.3 is 29.8 Å². The molecule has 0 amide bonds. The Hall–Kier alpha value is -9.59. The summed E-state index contributed by atoms with van der Waals surface area (Å²) in [6.07, 6.45) is -12.1. The predicted molar refractivity (Wildman–Crippen MR) is 207 cm³/mol. The molecule has 3 heterocycles. The van der Waals surface area contributed by atoms with E-state index in [0.717, 1.165) is 0 Å². The van der Waals surface area contributed by atoms with Gasteiger partial charge in [0.25, 0.3) is 0 Å². The van der Waals surface area contributed by atoms with Gasteiger partial charge in [-0.05, 0) is 36.4 Å². The van der Waals surface area contributed by atoms with Gasteiger partial charge in [0.05, 0.1) is 27.8 Å². The molecule has 26 heteroatoms. The van der Waals surface area contributed by atoms with Crippen molar-refractivity contribution < 1.29 is 129 Å². The Kier molecular flexibility index (Phi) is 10.2. The van der Waals surface area contributed by atoms with Crippen molar-refractivity contribution in [2.75, 3.05) is 6.61 Å². The normalized spacial score (nSPS) is 20.0. The summed E-state index contributed by atoms with van der Waals surface area (Å²) in [6, 6.07) is 2.84. The number of carbonyl (C=O) groups is 5. The van der Waals surface area contributed by atoms with Crippen molar-refractivity contribution in [1.29, 1.82) is 0 Å². The molecule has 1 fully saturated rings. The van der Waals surface area contributed by atoms with Gasteiger partial charge in [0, 0.05) is 22.3 Å². The Labute approximate surface area is 368 Å². The van der Waals surface area contributed by atoms with Crippen LogP contribution in [0.3, 0.4) is 0 Å². The molecule has 8 rings (SSSR count). The van der Waals surface area contributed by atoms with Crippen molar-refractivity contribution in [3.05, 3.63) is 64.2 Å². The van der Waals surface area contributed by atoms with Crippen LogP contribution in [0.1, 0.15) is 51.8 Å². The number of carbonyl (C=O) groups excluding carboxylic acids is 5. The molecule has 5 aromatic rings. The van der Waals surface area contributed by atoms with Crippen molar-refractivity contribution in [3.63, 3.8) is 0 Å². The number of ether oxygens (including phenoxy) is 6. The second-order valence-corrected chi connectivity index (χ2v) is 14.6. The summed E-state index contributed by atoms with van der Waals surface area (Å²) in [4.78, 5) is 70.7. The Morgan fingerprint density at radius 3 is 1.13 bits per heavy atom. The third-order valence-electron chi connectivity index (χ3n) is 10.6. The fourth-order valence-electron chi connectivity index (χ4n) is 7.44. The number of phenolic OH excluding ortho intramolecular Hbond substituents is 15. The smallest absolute Gasteiger partial charge is 0.340 e. The van der Waals surface area contributed by atoms with Gasteiger partial charge in [-0.15, -0.1) is 0 Å². The number of fused-ring (bicyclic) bond motifs is 9. The second kappa shape index (κ2) is 15.6. The van der Waals surface area contributed by atoms with Crippen LogP contribution >= 0.6 is 0 Å². The van der Waals surface area contributed by atoms with Crippen LogP contribution in [0.4, 0.5) is 0 Å². The molecule has 0 aromatic heterocycles. The van der Waals surface area contributed by atoms with E-state index in [-0.39, 0.29) is 0 Å². The van der Waals surface area contributed by atoms with Crippen molar-refractivity contribution >= 4 is 29.8 Å².